The van der Waals surface area contributed by atoms with Crippen LogP contribution in [0, 0.1) is 6.92 Å². The highest BCUT2D eigenvalue weighted by Gasteiger charge is 2.19. The molecule has 108 valence electrons. The maximum Gasteiger partial charge on any atom is 0.152 e. The SMILES string of the molecule is Cc1nc2c(n1Cc1nc(N)c3ccsc3n1)CCCC2. The summed E-state index contributed by atoms with van der Waals surface area (Å²) in [6.45, 7) is 2.72. The zero-order valence-electron chi connectivity index (χ0n) is 12.0. The van der Waals surface area contributed by atoms with Crippen LogP contribution in [0.3, 0.4) is 0 Å². The van der Waals surface area contributed by atoms with Gasteiger partial charge in [-0.25, -0.2) is 15.0 Å². The molecule has 0 radical (unpaired) electrons. The van der Waals surface area contributed by atoms with E-state index in [4.69, 9.17) is 10.7 Å². The number of rotatable bonds is 2. The Bertz CT molecular complexity index is 817. The van der Waals surface area contributed by atoms with Crippen LogP contribution in [0.4, 0.5) is 5.82 Å². The van der Waals surface area contributed by atoms with Crippen LogP contribution in [0.5, 0.6) is 0 Å². The molecule has 0 amide bonds. The molecule has 3 aromatic heterocycles. The van der Waals surface area contributed by atoms with E-state index in [1.54, 1.807) is 11.3 Å². The predicted molar refractivity (Wildman–Crippen MR) is 84.5 cm³/mol. The third-order valence-corrected chi connectivity index (χ3v) is 4.93. The third kappa shape index (κ3) is 2.10. The lowest BCUT2D eigenvalue weighted by molar-refractivity contribution is 0.616. The molecule has 6 heteroatoms. The van der Waals surface area contributed by atoms with Gasteiger partial charge in [0.15, 0.2) is 5.82 Å². The second-order valence-electron chi connectivity index (χ2n) is 5.51. The molecule has 0 saturated carbocycles. The Morgan fingerprint density at radius 1 is 1.24 bits per heavy atom. The normalized spacial score (nSPS) is 14.5. The standard InChI is InChI=1S/C15H17N5S/c1-9-17-11-4-2-3-5-12(11)20(9)8-13-18-14(16)10-6-7-21-15(10)19-13/h6-7H,2-5,8H2,1H3,(H2,16,18,19). The smallest absolute Gasteiger partial charge is 0.152 e. The summed E-state index contributed by atoms with van der Waals surface area (Å²) >= 11 is 1.61. The number of nitrogens with zero attached hydrogens (tertiary/aromatic N) is 4. The van der Waals surface area contributed by atoms with E-state index >= 15 is 0 Å². The van der Waals surface area contributed by atoms with Crippen LogP contribution < -0.4 is 5.73 Å². The van der Waals surface area contributed by atoms with Gasteiger partial charge < -0.3 is 10.3 Å². The van der Waals surface area contributed by atoms with Crippen molar-refractivity contribution >= 4 is 27.4 Å². The molecule has 2 N–H and O–H groups in total. The molecule has 0 fully saturated rings. The van der Waals surface area contributed by atoms with Gasteiger partial charge in [0.05, 0.1) is 17.6 Å². The van der Waals surface area contributed by atoms with Gasteiger partial charge in [-0.2, -0.15) is 0 Å². The number of thiophene rings is 1. The number of hydrogen-bond donors (Lipinski definition) is 1. The van der Waals surface area contributed by atoms with Crippen molar-refractivity contribution in [3.05, 3.63) is 34.5 Å². The van der Waals surface area contributed by atoms with Gasteiger partial charge in [-0.1, -0.05) is 0 Å². The Morgan fingerprint density at radius 3 is 3.00 bits per heavy atom. The van der Waals surface area contributed by atoms with E-state index in [1.807, 2.05) is 11.4 Å². The Morgan fingerprint density at radius 2 is 2.10 bits per heavy atom. The molecule has 21 heavy (non-hydrogen) atoms. The van der Waals surface area contributed by atoms with Gasteiger partial charge in [0.2, 0.25) is 0 Å². The molecule has 0 spiro atoms. The zero-order chi connectivity index (χ0) is 14.4. The predicted octanol–water partition coefficient (Wildman–Crippen LogP) is 2.71. The fourth-order valence-electron chi connectivity index (χ4n) is 3.08. The molecule has 1 aliphatic rings. The Kier molecular flexibility index (Phi) is 2.92. The highest BCUT2D eigenvalue weighted by molar-refractivity contribution is 7.16. The molecular weight excluding hydrogens is 282 g/mol. The first-order valence-electron chi connectivity index (χ1n) is 7.27. The lowest BCUT2D eigenvalue weighted by Gasteiger charge is -2.14. The second kappa shape index (κ2) is 4.80. The molecular formula is C15H17N5S. The average Bonchev–Trinajstić information content (AvgIpc) is 3.05. The van der Waals surface area contributed by atoms with E-state index in [0.717, 1.165) is 34.7 Å². The van der Waals surface area contributed by atoms with Crippen molar-refractivity contribution in [1.82, 2.24) is 19.5 Å². The first-order valence-corrected chi connectivity index (χ1v) is 8.15. The molecule has 0 aromatic carbocycles. The number of aryl methyl sites for hydroxylation is 2. The molecule has 4 rings (SSSR count). The zero-order valence-corrected chi connectivity index (χ0v) is 12.8. The molecule has 3 heterocycles. The van der Waals surface area contributed by atoms with Gasteiger partial charge in [0.1, 0.15) is 16.5 Å². The maximum absolute atomic E-state index is 6.04. The maximum atomic E-state index is 6.04. The van der Waals surface area contributed by atoms with E-state index < -0.39 is 0 Å². The summed E-state index contributed by atoms with van der Waals surface area (Å²) in [5.74, 6) is 2.40. The quantitative estimate of drug-likeness (QED) is 0.790. The number of nitrogen functional groups attached to an aromatic ring is 1. The molecule has 0 saturated heterocycles. The highest BCUT2D eigenvalue weighted by Crippen LogP contribution is 2.25. The van der Waals surface area contributed by atoms with E-state index in [-0.39, 0.29) is 0 Å². The lowest BCUT2D eigenvalue weighted by atomic mass is 10.0. The Balaban J connectivity index is 1.76. The minimum atomic E-state index is 0.572. The summed E-state index contributed by atoms with van der Waals surface area (Å²) in [4.78, 5) is 14.8. The summed E-state index contributed by atoms with van der Waals surface area (Å²) in [6.07, 6.45) is 4.68. The second-order valence-corrected chi connectivity index (χ2v) is 6.40. The first kappa shape index (κ1) is 12.8. The van der Waals surface area contributed by atoms with Crippen LogP contribution in [0.25, 0.3) is 10.2 Å². The van der Waals surface area contributed by atoms with Gasteiger partial charge in [-0.3, -0.25) is 0 Å². The van der Waals surface area contributed by atoms with Gasteiger partial charge in [-0.05, 0) is 44.1 Å². The van der Waals surface area contributed by atoms with Gasteiger partial charge in [0.25, 0.3) is 0 Å². The highest BCUT2D eigenvalue weighted by atomic mass is 32.1. The largest absolute Gasteiger partial charge is 0.383 e. The average molecular weight is 299 g/mol. The summed E-state index contributed by atoms with van der Waals surface area (Å²) in [5.41, 5.74) is 8.64. The van der Waals surface area contributed by atoms with E-state index in [2.05, 4.69) is 21.5 Å². The fourth-order valence-corrected chi connectivity index (χ4v) is 3.87. The van der Waals surface area contributed by atoms with Crippen molar-refractivity contribution in [3.63, 3.8) is 0 Å². The third-order valence-electron chi connectivity index (χ3n) is 4.12. The van der Waals surface area contributed by atoms with Crippen LogP contribution in [-0.2, 0) is 19.4 Å². The monoisotopic (exact) mass is 299 g/mol. The topological polar surface area (TPSA) is 69.6 Å². The molecule has 0 aliphatic heterocycles. The fraction of sp³-hybridized carbons (Fsp3) is 0.400. The number of fused-ring (bicyclic) bond motifs is 2. The van der Waals surface area contributed by atoms with E-state index in [1.165, 1.54) is 24.2 Å². The van der Waals surface area contributed by atoms with Crippen molar-refractivity contribution in [3.8, 4) is 0 Å². The minimum Gasteiger partial charge on any atom is -0.383 e. The minimum absolute atomic E-state index is 0.572. The Hall–Kier alpha value is -1.95. The van der Waals surface area contributed by atoms with E-state index in [9.17, 15) is 0 Å². The van der Waals surface area contributed by atoms with Crippen LogP contribution in [0.1, 0.15) is 35.9 Å². The van der Waals surface area contributed by atoms with Gasteiger partial charge in [-0.15, -0.1) is 11.3 Å². The number of hydrogen-bond acceptors (Lipinski definition) is 5. The van der Waals surface area contributed by atoms with Crippen LogP contribution >= 0.6 is 11.3 Å². The van der Waals surface area contributed by atoms with Crippen molar-refractivity contribution < 1.29 is 0 Å². The van der Waals surface area contributed by atoms with Crippen molar-refractivity contribution in [2.75, 3.05) is 5.73 Å². The molecule has 0 bridgehead atoms. The first-order chi connectivity index (χ1) is 10.2. The molecule has 0 atom stereocenters. The number of aromatic nitrogens is 4. The van der Waals surface area contributed by atoms with Crippen molar-refractivity contribution in [1.29, 1.82) is 0 Å². The number of anilines is 1. The summed E-state index contributed by atoms with van der Waals surface area (Å²) in [7, 11) is 0. The molecule has 1 aliphatic carbocycles. The van der Waals surface area contributed by atoms with Crippen LogP contribution in [0.2, 0.25) is 0 Å². The van der Waals surface area contributed by atoms with Gasteiger partial charge >= 0.3 is 0 Å². The number of imidazole rings is 1. The van der Waals surface area contributed by atoms with Crippen molar-refractivity contribution in [2.24, 2.45) is 0 Å². The number of nitrogens with two attached hydrogens (primary N) is 1. The summed E-state index contributed by atoms with van der Waals surface area (Å²) in [6, 6.07) is 1.98. The van der Waals surface area contributed by atoms with Crippen LogP contribution in [-0.4, -0.2) is 19.5 Å². The molecule has 0 unspecified atom stereocenters. The molecule has 3 aromatic rings. The summed E-state index contributed by atoms with van der Waals surface area (Å²) in [5, 5.41) is 2.96. The lowest BCUT2D eigenvalue weighted by Crippen LogP contribution is -2.12. The van der Waals surface area contributed by atoms with Crippen molar-refractivity contribution in [2.45, 2.75) is 39.2 Å². The van der Waals surface area contributed by atoms with Gasteiger partial charge in [0, 0.05) is 5.69 Å². The summed E-state index contributed by atoms with van der Waals surface area (Å²) < 4.78 is 2.25. The van der Waals surface area contributed by atoms with Crippen LogP contribution in [0.15, 0.2) is 11.4 Å². The Labute approximate surface area is 126 Å². The molecule has 5 nitrogen and oxygen atoms in total. The van der Waals surface area contributed by atoms with E-state index in [0.29, 0.717) is 12.4 Å².